The number of nitrogens with one attached hydrogen (secondary N) is 4. The van der Waals surface area contributed by atoms with Gasteiger partial charge in [0.15, 0.2) is 0 Å². The lowest BCUT2D eigenvalue weighted by atomic mass is 10.1. The van der Waals surface area contributed by atoms with Gasteiger partial charge >= 0.3 is 0 Å². The second kappa shape index (κ2) is 10.9. The molecule has 8 atom stereocenters. The maximum Gasteiger partial charge on any atom is 0.0979 e. The first-order valence-corrected chi connectivity index (χ1v) is 10.1. The molecule has 0 aromatic heterocycles. The molecule has 0 aromatic carbocycles. The molecule has 0 amide bonds. The highest BCUT2D eigenvalue weighted by atomic mass is 16.3. The van der Waals surface area contributed by atoms with E-state index in [1.807, 2.05) is 13.8 Å². The van der Waals surface area contributed by atoms with Gasteiger partial charge in [-0.1, -0.05) is 12.8 Å². The van der Waals surface area contributed by atoms with E-state index in [1.165, 1.54) is 0 Å². The average molecular weight is 375 g/mol. The first kappa shape index (κ1) is 22.0. The van der Waals surface area contributed by atoms with Crippen LogP contribution in [-0.4, -0.2) is 95.2 Å². The Morgan fingerprint density at radius 3 is 1.31 bits per heavy atom. The van der Waals surface area contributed by atoms with Gasteiger partial charge in [-0.15, -0.1) is 0 Å². The number of unbranched alkanes of at least 4 members (excludes halogenated alkanes) is 3. The van der Waals surface area contributed by atoms with Crippen molar-refractivity contribution in [2.75, 3.05) is 26.2 Å². The molecule has 0 saturated carbocycles. The summed E-state index contributed by atoms with van der Waals surface area (Å²) >= 11 is 0. The third-order valence-corrected chi connectivity index (χ3v) is 5.69. The zero-order valence-corrected chi connectivity index (χ0v) is 16.1. The summed E-state index contributed by atoms with van der Waals surface area (Å²) in [6.07, 6.45) is 1.73. The quantitative estimate of drug-likeness (QED) is 0.193. The van der Waals surface area contributed by atoms with Crippen molar-refractivity contribution in [1.82, 2.24) is 21.3 Å². The molecular weight excluding hydrogens is 336 g/mol. The molecule has 2 saturated heterocycles. The van der Waals surface area contributed by atoms with Crippen LogP contribution in [0.15, 0.2) is 0 Å². The van der Waals surface area contributed by atoms with Crippen LogP contribution in [0.1, 0.15) is 39.5 Å². The van der Waals surface area contributed by atoms with Gasteiger partial charge in [0.1, 0.15) is 0 Å². The molecule has 8 heteroatoms. The van der Waals surface area contributed by atoms with Crippen LogP contribution in [0.3, 0.4) is 0 Å². The van der Waals surface area contributed by atoms with E-state index in [4.69, 9.17) is 0 Å². The van der Waals surface area contributed by atoms with Crippen molar-refractivity contribution >= 4 is 0 Å². The molecule has 2 aliphatic rings. The Kier molecular flexibility index (Phi) is 9.19. The molecule has 8 N–H and O–H groups in total. The maximum atomic E-state index is 9.88. The molecule has 0 aliphatic carbocycles. The van der Waals surface area contributed by atoms with Crippen LogP contribution >= 0.6 is 0 Å². The van der Waals surface area contributed by atoms with Crippen molar-refractivity contribution in [3.8, 4) is 0 Å². The summed E-state index contributed by atoms with van der Waals surface area (Å²) in [5.74, 6) is 0. The number of hydrogen-bond acceptors (Lipinski definition) is 8. The van der Waals surface area contributed by atoms with Crippen LogP contribution in [0.5, 0.6) is 0 Å². The lowest BCUT2D eigenvalue weighted by Gasteiger charge is -2.17. The van der Waals surface area contributed by atoms with E-state index in [9.17, 15) is 20.4 Å². The fourth-order valence-electron chi connectivity index (χ4n) is 3.87. The minimum Gasteiger partial charge on any atom is -0.389 e. The molecule has 26 heavy (non-hydrogen) atoms. The van der Waals surface area contributed by atoms with Gasteiger partial charge in [-0.2, -0.15) is 0 Å². The normalized spacial score (nSPS) is 40.4. The second-order valence-corrected chi connectivity index (χ2v) is 7.91. The van der Waals surface area contributed by atoms with Crippen LogP contribution in [0.2, 0.25) is 0 Å². The Hall–Kier alpha value is -0.320. The highest BCUT2D eigenvalue weighted by Gasteiger charge is 2.38. The van der Waals surface area contributed by atoms with E-state index < -0.39 is 24.4 Å². The van der Waals surface area contributed by atoms with Crippen LogP contribution in [0.4, 0.5) is 0 Å². The number of rotatable bonds is 11. The molecule has 2 aliphatic heterocycles. The Labute approximate surface area is 156 Å². The predicted octanol–water partition coefficient (Wildman–Crippen LogP) is -2.11. The largest absolute Gasteiger partial charge is 0.389 e. The fourth-order valence-corrected chi connectivity index (χ4v) is 3.87. The topological polar surface area (TPSA) is 129 Å². The molecule has 0 bridgehead atoms. The average Bonchev–Trinajstić information content (AvgIpc) is 3.01. The van der Waals surface area contributed by atoms with E-state index in [0.717, 1.165) is 38.8 Å². The Morgan fingerprint density at radius 2 is 1.00 bits per heavy atom. The third-order valence-electron chi connectivity index (χ3n) is 5.69. The van der Waals surface area contributed by atoms with E-state index in [1.54, 1.807) is 0 Å². The highest BCUT2D eigenvalue weighted by molar-refractivity contribution is 4.97. The summed E-state index contributed by atoms with van der Waals surface area (Å²) in [6, 6.07) is -0.275. The van der Waals surface area contributed by atoms with Gasteiger partial charge in [-0.05, 0) is 39.8 Å². The van der Waals surface area contributed by atoms with E-state index in [-0.39, 0.29) is 24.2 Å². The zero-order chi connectivity index (χ0) is 19.1. The summed E-state index contributed by atoms with van der Waals surface area (Å²) in [5, 5.41) is 52.3. The van der Waals surface area contributed by atoms with Gasteiger partial charge in [0.2, 0.25) is 0 Å². The monoisotopic (exact) mass is 374 g/mol. The molecule has 0 radical (unpaired) electrons. The van der Waals surface area contributed by atoms with E-state index in [0.29, 0.717) is 13.1 Å². The highest BCUT2D eigenvalue weighted by Crippen LogP contribution is 2.14. The van der Waals surface area contributed by atoms with Gasteiger partial charge in [-0.3, -0.25) is 0 Å². The number of aliphatic hydroxyl groups excluding tert-OH is 4. The summed E-state index contributed by atoms with van der Waals surface area (Å²) in [7, 11) is 0. The summed E-state index contributed by atoms with van der Waals surface area (Å²) < 4.78 is 0. The van der Waals surface area contributed by atoms with Gasteiger partial charge in [0, 0.05) is 37.3 Å². The third kappa shape index (κ3) is 6.10. The molecule has 154 valence electrons. The summed E-state index contributed by atoms with van der Waals surface area (Å²) in [4.78, 5) is 0. The maximum absolute atomic E-state index is 9.88. The van der Waals surface area contributed by atoms with Crippen LogP contribution in [0, 0.1) is 0 Å². The van der Waals surface area contributed by atoms with Gasteiger partial charge < -0.3 is 41.7 Å². The van der Waals surface area contributed by atoms with Crippen LogP contribution < -0.4 is 21.3 Å². The minimum absolute atomic E-state index is 0.0590. The molecule has 2 fully saturated rings. The smallest absolute Gasteiger partial charge is 0.0979 e. The predicted molar refractivity (Wildman–Crippen MR) is 101 cm³/mol. The number of aliphatic hydroxyl groups is 4. The molecule has 2 heterocycles. The van der Waals surface area contributed by atoms with Crippen molar-refractivity contribution in [3.05, 3.63) is 0 Å². The zero-order valence-electron chi connectivity index (χ0n) is 16.1. The minimum atomic E-state index is -0.694. The number of hydrogen-bond donors (Lipinski definition) is 8. The Morgan fingerprint density at radius 1 is 0.615 bits per heavy atom. The van der Waals surface area contributed by atoms with Crippen molar-refractivity contribution in [3.63, 3.8) is 0 Å². The Balaban J connectivity index is 1.39. The van der Waals surface area contributed by atoms with E-state index in [2.05, 4.69) is 21.3 Å². The van der Waals surface area contributed by atoms with Gasteiger partial charge in [0.25, 0.3) is 0 Å². The van der Waals surface area contributed by atoms with Gasteiger partial charge in [-0.25, -0.2) is 0 Å². The first-order chi connectivity index (χ1) is 12.4. The Bertz CT molecular complexity index is 367. The van der Waals surface area contributed by atoms with Crippen LogP contribution in [0.25, 0.3) is 0 Å². The summed E-state index contributed by atoms with van der Waals surface area (Å²) in [6.45, 7) is 6.94. The van der Waals surface area contributed by atoms with Crippen LogP contribution in [-0.2, 0) is 0 Å². The first-order valence-electron chi connectivity index (χ1n) is 10.1. The molecule has 0 aromatic rings. The second-order valence-electron chi connectivity index (χ2n) is 7.91. The van der Waals surface area contributed by atoms with Gasteiger partial charge in [0.05, 0.1) is 24.4 Å². The summed E-state index contributed by atoms with van der Waals surface area (Å²) in [5.41, 5.74) is 0. The fraction of sp³-hybridized carbons (Fsp3) is 1.00. The van der Waals surface area contributed by atoms with Crippen molar-refractivity contribution < 1.29 is 20.4 Å². The molecule has 8 unspecified atom stereocenters. The molecule has 2 rings (SSSR count). The SMILES string of the molecule is CC1NC(CNCCCCCCNCC2NC(C)C(O)C2O)C(O)C1O. The van der Waals surface area contributed by atoms with Crippen molar-refractivity contribution in [1.29, 1.82) is 0 Å². The van der Waals surface area contributed by atoms with E-state index >= 15 is 0 Å². The molecular formula is C18H38N4O4. The molecule has 8 nitrogen and oxygen atoms in total. The van der Waals surface area contributed by atoms with Crippen molar-refractivity contribution in [2.45, 2.75) is 88.1 Å². The lowest BCUT2D eigenvalue weighted by molar-refractivity contribution is 0.0304. The standard InChI is InChI=1S/C18H38N4O4/c1-11-15(23)17(25)13(21-11)9-19-7-5-3-4-6-8-20-10-14-18(26)16(24)12(2)22-14/h11-26H,3-10H2,1-2H3. The van der Waals surface area contributed by atoms with Crippen molar-refractivity contribution in [2.24, 2.45) is 0 Å². The lowest BCUT2D eigenvalue weighted by Crippen LogP contribution is -2.42. The molecule has 0 spiro atoms.